The van der Waals surface area contributed by atoms with Crippen LogP contribution in [-0.4, -0.2) is 71.3 Å². The second-order valence-corrected chi connectivity index (χ2v) is 16.1. The van der Waals surface area contributed by atoms with Gasteiger partial charge in [0.1, 0.15) is 6.61 Å². The zero-order valence-electron chi connectivity index (χ0n) is 25.3. The highest BCUT2D eigenvalue weighted by atomic mass is 28.4. The first-order valence-corrected chi connectivity index (χ1v) is 17.9. The van der Waals surface area contributed by atoms with Gasteiger partial charge >= 0.3 is 6.09 Å². The van der Waals surface area contributed by atoms with Crippen molar-refractivity contribution in [3.05, 3.63) is 75.6 Å². The quantitative estimate of drug-likeness (QED) is 0.150. The molecule has 0 radical (unpaired) electrons. The van der Waals surface area contributed by atoms with Crippen LogP contribution in [0.4, 0.5) is 26.0 Å². The number of nitro groups is 1. The van der Waals surface area contributed by atoms with Crippen molar-refractivity contribution in [2.24, 2.45) is 5.92 Å². The Morgan fingerprint density at radius 2 is 2.02 bits per heavy atom. The van der Waals surface area contributed by atoms with E-state index >= 15 is 4.11 Å². The molecule has 1 aromatic heterocycles. The first-order valence-electron chi connectivity index (χ1n) is 14.9. The third-order valence-electron chi connectivity index (χ3n) is 9.08. The third kappa shape index (κ3) is 5.38. The van der Waals surface area contributed by atoms with Crippen LogP contribution in [0.25, 0.3) is 0 Å². The number of aromatic nitrogens is 3. The molecule has 0 saturated carbocycles. The summed E-state index contributed by atoms with van der Waals surface area (Å²) in [6.07, 6.45) is 1.30. The summed E-state index contributed by atoms with van der Waals surface area (Å²) in [5.41, 5.74) is 0.379. The van der Waals surface area contributed by atoms with Gasteiger partial charge in [-0.3, -0.25) is 24.5 Å². The molecule has 2 fully saturated rings. The lowest BCUT2D eigenvalue weighted by atomic mass is 9.82. The van der Waals surface area contributed by atoms with E-state index in [1.165, 1.54) is 17.0 Å². The lowest BCUT2D eigenvalue weighted by Gasteiger charge is -2.31. The van der Waals surface area contributed by atoms with Crippen LogP contribution < -0.4 is 9.80 Å². The van der Waals surface area contributed by atoms with E-state index in [1.54, 1.807) is 60.1 Å². The van der Waals surface area contributed by atoms with Crippen molar-refractivity contribution in [2.45, 2.75) is 63.2 Å². The predicted molar refractivity (Wildman–Crippen MR) is 163 cm³/mol. The Labute approximate surface area is 259 Å². The highest BCUT2D eigenvalue weighted by Crippen LogP contribution is 2.60. The van der Waals surface area contributed by atoms with Crippen molar-refractivity contribution < 1.29 is 33.2 Å². The van der Waals surface area contributed by atoms with E-state index in [9.17, 15) is 24.8 Å². The fraction of sp³-hybridized carbons (Fsp3) is 0.467. The molecule has 1 spiro atoms. The molecule has 13 nitrogen and oxygen atoms in total. The molecule has 3 aliphatic heterocycles. The molecule has 4 atom stereocenters. The minimum absolute atomic E-state index is 0.0621. The molecule has 0 unspecified atom stereocenters. The maximum atomic E-state index is 16.2. The minimum atomic E-state index is -3.46. The van der Waals surface area contributed by atoms with E-state index in [2.05, 4.69) is 10.3 Å². The number of fused-ring (bicyclic) bond motifs is 2. The van der Waals surface area contributed by atoms with Crippen molar-refractivity contribution in [3.8, 4) is 0 Å². The van der Waals surface area contributed by atoms with Gasteiger partial charge in [-0.1, -0.05) is 24.3 Å². The van der Waals surface area contributed by atoms with Gasteiger partial charge in [0, 0.05) is 60.6 Å². The molecule has 3 aromatic rings. The maximum absolute atomic E-state index is 16.2. The van der Waals surface area contributed by atoms with E-state index in [0.717, 1.165) is 5.56 Å². The summed E-state index contributed by atoms with van der Waals surface area (Å²) < 4.78 is 29.6. The van der Waals surface area contributed by atoms with Gasteiger partial charge in [0.2, 0.25) is 8.41 Å². The summed E-state index contributed by atoms with van der Waals surface area (Å²) in [4.78, 5) is 41.2. The second kappa shape index (κ2) is 11.6. The van der Waals surface area contributed by atoms with Gasteiger partial charge in [0.05, 0.1) is 35.5 Å². The van der Waals surface area contributed by atoms with Gasteiger partial charge in [0.25, 0.3) is 11.6 Å². The number of carbonyl (C=O) groups is 2. The number of anilines is 2. The summed E-state index contributed by atoms with van der Waals surface area (Å²) >= 11 is 0. The number of amides is 2. The predicted octanol–water partition coefficient (Wildman–Crippen LogP) is 4.09. The van der Waals surface area contributed by atoms with Gasteiger partial charge in [-0.15, -0.1) is 5.10 Å². The molecule has 2 amide bonds. The van der Waals surface area contributed by atoms with Gasteiger partial charge in [-0.2, -0.15) is 0 Å². The second-order valence-electron chi connectivity index (χ2n) is 12.3. The smallest absolute Gasteiger partial charge is 0.414 e. The zero-order valence-corrected chi connectivity index (χ0v) is 26.3. The first kappa shape index (κ1) is 30.8. The molecule has 45 heavy (non-hydrogen) atoms. The monoisotopic (exact) mass is 638 g/mol. The van der Waals surface area contributed by atoms with Crippen LogP contribution >= 0.6 is 0 Å². The van der Waals surface area contributed by atoms with Gasteiger partial charge in [-0.05, 0) is 43.3 Å². The van der Waals surface area contributed by atoms with E-state index in [4.69, 9.17) is 9.47 Å². The van der Waals surface area contributed by atoms with Crippen molar-refractivity contribution in [3.63, 3.8) is 0 Å². The fourth-order valence-electron chi connectivity index (χ4n) is 7.15. The third-order valence-corrected chi connectivity index (χ3v) is 11.5. The molecule has 4 heterocycles. The van der Waals surface area contributed by atoms with Crippen LogP contribution in [0.1, 0.15) is 30.2 Å². The van der Waals surface area contributed by atoms with Gasteiger partial charge < -0.3 is 23.6 Å². The van der Waals surface area contributed by atoms with Crippen molar-refractivity contribution in [1.82, 2.24) is 15.0 Å². The Hall–Kier alpha value is -4.21. The number of aliphatic hydroxyl groups excluding tert-OH is 1. The topological polar surface area (TPSA) is 153 Å². The van der Waals surface area contributed by atoms with Crippen molar-refractivity contribution in [2.75, 3.05) is 29.6 Å². The van der Waals surface area contributed by atoms with Crippen LogP contribution in [-0.2, 0) is 39.4 Å². The number of aryl methyl sites for hydroxylation is 1. The molecule has 15 heteroatoms. The summed E-state index contributed by atoms with van der Waals surface area (Å²) in [5.74, 6) is -1.04. The highest BCUT2D eigenvalue weighted by Gasteiger charge is 2.66. The molecule has 1 N–H and O–H groups in total. The molecule has 2 saturated heterocycles. The standard InChI is InChI=1S/C30H35FN6O7Si/c1-19-27(45(2,3)31)26(9-11-34-18-21(10-13-38)32-33-34)44-30(19)24-16-23(37(41)42)7-8-25(24)36(28(30)39)17-20-5-4-6-22(15-20)35-12-14-43-29(35)40/h4-8,15-16,18-19,26-27,38H,9-14,17H2,1-3H3/t19-,26+,27-,30+/m1/s1. The van der Waals surface area contributed by atoms with E-state index in [0.29, 0.717) is 48.6 Å². The Morgan fingerprint density at radius 3 is 2.71 bits per heavy atom. The zero-order chi connectivity index (χ0) is 32.1. The molecule has 238 valence electrons. The summed E-state index contributed by atoms with van der Waals surface area (Å²) in [7, 11) is -3.46. The van der Waals surface area contributed by atoms with Crippen LogP contribution in [0.3, 0.4) is 0 Å². The average Bonchev–Trinajstić information content (AvgIpc) is 3.75. The number of rotatable bonds is 10. The molecule has 0 bridgehead atoms. The van der Waals surface area contributed by atoms with Crippen LogP contribution in [0, 0.1) is 16.0 Å². The Bertz CT molecular complexity index is 1650. The first-order chi connectivity index (χ1) is 21.4. The number of hydrogen-bond acceptors (Lipinski definition) is 9. The Kier molecular flexibility index (Phi) is 7.95. The van der Waals surface area contributed by atoms with Crippen LogP contribution in [0.2, 0.25) is 18.6 Å². The van der Waals surface area contributed by atoms with E-state index in [-0.39, 0.29) is 25.4 Å². The number of ether oxygens (including phenoxy) is 2. The van der Waals surface area contributed by atoms with Crippen molar-refractivity contribution in [1.29, 1.82) is 0 Å². The molecule has 0 aliphatic carbocycles. The molecule has 3 aliphatic rings. The van der Waals surface area contributed by atoms with Crippen LogP contribution in [0.15, 0.2) is 48.7 Å². The number of benzene rings is 2. The maximum Gasteiger partial charge on any atom is 0.414 e. The average molecular weight is 639 g/mol. The number of aliphatic hydroxyl groups is 1. The molecular formula is C30H35FN6O7Si. The number of nitro benzene ring substituents is 1. The number of hydrogen-bond donors (Lipinski definition) is 1. The van der Waals surface area contributed by atoms with Gasteiger partial charge in [-0.25, -0.2) is 4.79 Å². The minimum Gasteiger partial charge on any atom is -0.447 e. The molecule has 2 aromatic carbocycles. The SMILES string of the molecule is C[C@@H]1[C@@H]([Si](C)(C)F)[C@H](CCn2cc(CCO)nn2)O[C@@]12C(=O)N(Cc1cccc(N3CCOC3=O)c1)c1ccc([N+](=O)[O-])cc12. The number of halogens is 1. The Morgan fingerprint density at radius 1 is 1.22 bits per heavy atom. The lowest BCUT2D eigenvalue weighted by Crippen LogP contribution is -2.45. The fourth-order valence-corrected chi connectivity index (χ4v) is 9.69. The van der Waals surface area contributed by atoms with Crippen molar-refractivity contribution >= 4 is 37.5 Å². The number of cyclic esters (lactones) is 1. The number of non-ortho nitro benzene ring substituents is 1. The molecular weight excluding hydrogens is 603 g/mol. The highest BCUT2D eigenvalue weighted by molar-refractivity contribution is 6.72. The summed E-state index contributed by atoms with van der Waals surface area (Å²) in [6, 6.07) is 11.5. The normalized spacial score (nSPS) is 24.5. The molecule has 6 rings (SSSR count). The Balaban J connectivity index is 1.36. The largest absolute Gasteiger partial charge is 0.447 e. The van der Waals surface area contributed by atoms with E-state index in [1.807, 2.05) is 6.07 Å². The summed E-state index contributed by atoms with van der Waals surface area (Å²) in [5, 5.41) is 29.2. The van der Waals surface area contributed by atoms with Crippen LogP contribution in [0.5, 0.6) is 0 Å². The van der Waals surface area contributed by atoms with E-state index < -0.39 is 48.5 Å². The lowest BCUT2D eigenvalue weighted by molar-refractivity contribution is -0.385. The number of carbonyl (C=O) groups excluding carboxylic acids is 2. The number of nitrogens with zero attached hydrogens (tertiary/aromatic N) is 6. The van der Waals surface area contributed by atoms with Gasteiger partial charge in [0.15, 0.2) is 5.60 Å². The summed E-state index contributed by atoms with van der Waals surface area (Å²) in [6.45, 7) is 6.08.